The summed E-state index contributed by atoms with van der Waals surface area (Å²) >= 11 is 0. The van der Waals surface area contributed by atoms with Gasteiger partial charge in [0.2, 0.25) is 0 Å². The van der Waals surface area contributed by atoms with Crippen LogP contribution in [0.4, 0.5) is 0 Å². The fraction of sp³-hybridized carbons (Fsp3) is 0.409. The fourth-order valence-corrected chi connectivity index (χ4v) is 3.22. The van der Waals surface area contributed by atoms with Crippen molar-refractivity contribution in [3.8, 4) is 0 Å². The third-order valence-electron chi connectivity index (χ3n) is 5.02. The zero-order chi connectivity index (χ0) is 20.5. The molecule has 154 valence electrons. The Hall–Kier alpha value is -2.77. The molecule has 0 radical (unpaired) electrons. The highest BCUT2D eigenvalue weighted by atomic mass is 16.5. The second-order valence-electron chi connectivity index (χ2n) is 7.12. The van der Waals surface area contributed by atoms with Crippen LogP contribution >= 0.6 is 0 Å². The van der Waals surface area contributed by atoms with Crippen LogP contribution in [0.1, 0.15) is 26.3 Å². The first-order valence-corrected chi connectivity index (χ1v) is 9.96. The smallest absolute Gasteiger partial charge is 0.253 e. The van der Waals surface area contributed by atoms with E-state index in [-0.39, 0.29) is 11.8 Å². The molecule has 0 atom stereocenters. The number of carbonyl (C=O) groups excluding carboxylic acids is 2. The SMILES string of the molecule is CN(CCc1ccncc1)C(=O)c1cccc(C(=O)NCCN2CCOCC2)c1. The number of morpholine rings is 1. The van der Waals surface area contributed by atoms with E-state index in [0.717, 1.165) is 44.8 Å². The zero-order valence-electron chi connectivity index (χ0n) is 16.8. The summed E-state index contributed by atoms with van der Waals surface area (Å²) in [5, 5.41) is 2.94. The van der Waals surface area contributed by atoms with Gasteiger partial charge in [0.05, 0.1) is 13.2 Å². The maximum atomic E-state index is 12.7. The van der Waals surface area contributed by atoms with Crippen molar-refractivity contribution in [2.75, 3.05) is 53.0 Å². The second-order valence-corrected chi connectivity index (χ2v) is 7.12. The molecule has 7 heteroatoms. The van der Waals surface area contributed by atoms with Crippen molar-refractivity contribution < 1.29 is 14.3 Å². The Balaban J connectivity index is 1.50. The largest absolute Gasteiger partial charge is 0.379 e. The lowest BCUT2D eigenvalue weighted by molar-refractivity contribution is 0.0383. The van der Waals surface area contributed by atoms with Gasteiger partial charge in [-0.1, -0.05) is 6.07 Å². The molecule has 1 fully saturated rings. The van der Waals surface area contributed by atoms with Gasteiger partial charge in [-0.15, -0.1) is 0 Å². The Kier molecular flexibility index (Phi) is 7.72. The summed E-state index contributed by atoms with van der Waals surface area (Å²) in [5.41, 5.74) is 2.15. The third-order valence-corrected chi connectivity index (χ3v) is 5.02. The molecule has 7 nitrogen and oxygen atoms in total. The van der Waals surface area contributed by atoms with Gasteiger partial charge in [-0.05, 0) is 42.3 Å². The molecule has 0 aliphatic carbocycles. The molecule has 2 aromatic rings. The molecule has 0 saturated carbocycles. The summed E-state index contributed by atoms with van der Waals surface area (Å²) in [6.07, 6.45) is 4.25. The number of pyridine rings is 1. The normalized spacial score (nSPS) is 14.4. The molecule has 2 amide bonds. The Morgan fingerprint density at radius 1 is 1.14 bits per heavy atom. The number of amides is 2. The van der Waals surface area contributed by atoms with E-state index in [1.165, 1.54) is 0 Å². The highest BCUT2D eigenvalue weighted by molar-refractivity contribution is 5.99. The van der Waals surface area contributed by atoms with Gasteiger partial charge in [0, 0.05) is 63.3 Å². The van der Waals surface area contributed by atoms with Gasteiger partial charge in [0.1, 0.15) is 0 Å². The molecular formula is C22H28N4O3. The van der Waals surface area contributed by atoms with Gasteiger partial charge < -0.3 is 15.0 Å². The van der Waals surface area contributed by atoms with Gasteiger partial charge in [0.25, 0.3) is 11.8 Å². The zero-order valence-corrected chi connectivity index (χ0v) is 16.8. The Labute approximate surface area is 171 Å². The van der Waals surface area contributed by atoms with E-state index < -0.39 is 0 Å². The number of ether oxygens (including phenoxy) is 1. The molecule has 1 aromatic carbocycles. The lowest BCUT2D eigenvalue weighted by Crippen LogP contribution is -2.41. The van der Waals surface area contributed by atoms with Crippen LogP contribution in [0, 0.1) is 0 Å². The first-order chi connectivity index (χ1) is 14.1. The van der Waals surface area contributed by atoms with Crippen molar-refractivity contribution in [1.29, 1.82) is 0 Å². The van der Waals surface area contributed by atoms with Gasteiger partial charge in [0.15, 0.2) is 0 Å². The van der Waals surface area contributed by atoms with E-state index >= 15 is 0 Å². The summed E-state index contributed by atoms with van der Waals surface area (Å²) in [4.78, 5) is 33.1. The van der Waals surface area contributed by atoms with E-state index in [1.54, 1.807) is 48.6 Å². The van der Waals surface area contributed by atoms with E-state index in [9.17, 15) is 9.59 Å². The van der Waals surface area contributed by atoms with E-state index in [0.29, 0.717) is 24.2 Å². The average Bonchev–Trinajstić information content (AvgIpc) is 2.78. The van der Waals surface area contributed by atoms with Crippen molar-refractivity contribution in [2.24, 2.45) is 0 Å². The predicted molar refractivity (Wildman–Crippen MR) is 111 cm³/mol. The summed E-state index contributed by atoms with van der Waals surface area (Å²) in [6, 6.07) is 10.8. The maximum absolute atomic E-state index is 12.7. The van der Waals surface area contributed by atoms with Crippen LogP contribution in [-0.2, 0) is 11.2 Å². The molecule has 0 spiro atoms. The lowest BCUT2D eigenvalue weighted by atomic mass is 10.1. The monoisotopic (exact) mass is 396 g/mol. The molecule has 1 aliphatic rings. The number of hydrogen-bond acceptors (Lipinski definition) is 5. The third kappa shape index (κ3) is 6.37. The van der Waals surface area contributed by atoms with Crippen LogP contribution in [0.3, 0.4) is 0 Å². The quantitative estimate of drug-likeness (QED) is 0.731. The fourth-order valence-electron chi connectivity index (χ4n) is 3.22. The summed E-state index contributed by atoms with van der Waals surface area (Å²) in [7, 11) is 1.78. The molecule has 1 saturated heterocycles. The van der Waals surface area contributed by atoms with Crippen molar-refractivity contribution in [2.45, 2.75) is 6.42 Å². The molecular weight excluding hydrogens is 368 g/mol. The molecule has 1 aromatic heterocycles. The van der Waals surface area contributed by atoms with E-state index in [4.69, 9.17) is 4.74 Å². The van der Waals surface area contributed by atoms with Crippen LogP contribution in [0.5, 0.6) is 0 Å². The van der Waals surface area contributed by atoms with Gasteiger partial charge in [-0.2, -0.15) is 0 Å². The van der Waals surface area contributed by atoms with Crippen LogP contribution in [0.25, 0.3) is 0 Å². The Bertz CT molecular complexity index is 807. The summed E-state index contributed by atoms with van der Waals surface area (Å²) < 4.78 is 5.33. The number of likely N-dealkylation sites (N-methyl/N-ethyl adjacent to an activating group) is 1. The molecule has 1 N–H and O–H groups in total. The predicted octanol–water partition coefficient (Wildman–Crippen LogP) is 1.46. The van der Waals surface area contributed by atoms with E-state index in [1.807, 2.05) is 12.1 Å². The van der Waals surface area contributed by atoms with Crippen molar-refractivity contribution >= 4 is 11.8 Å². The van der Waals surface area contributed by atoms with Gasteiger partial charge >= 0.3 is 0 Å². The van der Waals surface area contributed by atoms with E-state index in [2.05, 4.69) is 15.2 Å². The van der Waals surface area contributed by atoms with Crippen LogP contribution in [-0.4, -0.2) is 79.6 Å². The molecule has 0 bridgehead atoms. The number of carbonyl (C=O) groups is 2. The number of hydrogen-bond donors (Lipinski definition) is 1. The lowest BCUT2D eigenvalue weighted by Gasteiger charge is -2.26. The van der Waals surface area contributed by atoms with Crippen LogP contribution in [0.2, 0.25) is 0 Å². The van der Waals surface area contributed by atoms with Crippen LogP contribution < -0.4 is 5.32 Å². The molecule has 2 heterocycles. The first-order valence-electron chi connectivity index (χ1n) is 9.96. The number of nitrogens with zero attached hydrogens (tertiary/aromatic N) is 3. The van der Waals surface area contributed by atoms with Crippen LogP contribution in [0.15, 0.2) is 48.8 Å². The standard InChI is InChI=1S/C22H28N4O3/c1-25(11-7-18-5-8-23-9-6-18)22(28)20-4-2-3-19(17-20)21(27)24-10-12-26-13-15-29-16-14-26/h2-6,8-9,17H,7,10-16H2,1H3,(H,24,27). The van der Waals surface area contributed by atoms with Crippen molar-refractivity contribution in [3.63, 3.8) is 0 Å². The highest BCUT2D eigenvalue weighted by Gasteiger charge is 2.15. The van der Waals surface area contributed by atoms with Crippen molar-refractivity contribution in [3.05, 3.63) is 65.5 Å². The molecule has 3 rings (SSSR count). The minimum absolute atomic E-state index is 0.0953. The molecule has 0 unspecified atom stereocenters. The summed E-state index contributed by atoms with van der Waals surface area (Å²) in [5.74, 6) is -0.255. The number of aromatic nitrogens is 1. The average molecular weight is 396 g/mol. The van der Waals surface area contributed by atoms with Gasteiger partial charge in [-0.25, -0.2) is 0 Å². The minimum Gasteiger partial charge on any atom is -0.379 e. The minimum atomic E-state index is -0.160. The number of benzene rings is 1. The Morgan fingerprint density at radius 3 is 2.62 bits per heavy atom. The van der Waals surface area contributed by atoms with Crippen molar-refractivity contribution in [1.82, 2.24) is 20.1 Å². The first kappa shape index (κ1) is 21.0. The number of nitrogens with one attached hydrogen (secondary N) is 1. The van der Waals surface area contributed by atoms with Gasteiger partial charge in [-0.3, -0.25) is 19.5 Å². The topological polar surface area (TPSA) is 74.8 Å². The second kappa shape index (κ2) is 10.7. The maximum Gasteiger partial charge on any atom is 0.253 e. The molecule has 1 aliphatic heterocycles. The number of rotatable bonds is 8. The summed E-state index contributed by atoms with van der Waals surface area (Å²) in [6.45, 7) is 5.24. The Morgan fingerprint density at radius 2 is 1.86 bits per heavy atom. The highest BCUT2D eigenvalue weighted by Crippen LogP contribution is 2.09. The molecule has 29 heavy (non-hydrogen) atoms.